The van der Waals surface area contributed by atoms with E-state index in [0.717, 1.165) is 24.9 Å². The maximum Gasteiger partial charge on any atom is 0.151 e. The fourth-order valence-electron chi connectivity index (χ4n) is 1.86. The second-order valence-corrected chi connectivity index (χ2v) is 4.71. The fourth-order valence-corrected chi connectivity index (χ4v) is 2.07. The summed E-state index contributed by atoms with van der Waals surface area (Å²) in [6.45, 7) is 2.14. The number of benzene rings is 2. The molecular weight excluding hydrogens is 260 g/mol. The predicted octanol–water partition coefficient (Wildman–Crippen LogP) is 4.90. The molecule has 0 saturated heterocycles. The van der Waals surface area contributed by atoms with E-state index in [1.807, 2.05) is 18.2 Å². The number of hydrogen-bond donors (Lipinski definition) is 0. The van der Waals surface area contributed by atoms with Crippen molar-refractivity contribution in [1.29, 1.82) is 0 Å². The van der Waals surface area contributed by atoms with Gasteiger partial charge in [0.05, 0.1) is 5.02 Å². The second-order valence-electron chi connectivity index (χ2n) is 4.30. The first kappa shape index (κ1) is 13.6. The SMILES string of the molecule is CCCc1cccc(Oc2ccc(C=O)c(Cl)c2)c1. The highest BCUT2D eigenvalue weighted by atomic mass is 35.5. The van der Waals surface area contributed by atoms with Crippen LogP contribution in [0, 0.1) is 0 Å². The molecule has 0 amide bonds. The first-order valence-corrected chi connectivity index (χ1v) is 6.62. The summed E-state index contributed by atoms with van der Waals surface area (Å²) in [6, 6.07) is 13.0. The van der Waals surface area contributed by atoms with Gasteiger partial charge in [-0.2, -0.15) is 0 Å². The minimum Gasteiger partial charge on any atom is -0.457 e. The van der Waals surface area contributed by atoms with Gasteiger partial charge in [0.15, 0.2) is 6.29 Å². The summed E-state index contributed by atoms with van der Waals surface area (Å²) in [5.41, 5.74) is 1.71. The molecule has 3 heteroatoms. The van der Waals surface area contributed by atoms with Crippen molar-refractivity contribution in [2.75, 3.05) is 0 Å². The third kappa shape index (κ3) is 3.58. The Morgan fingerprint density at radius 3 is 2.63 bits per heavy atom. The minimum atomic E-state index is 0.400. The summed E-state index contributed by atoms with van der Waals surface area (Å²) in [5.74, 6) is 1.41. The topological polar surface area (TPSA) is 26.3 Å². The standard InChI is InChI=1S/C16H15ClO2/c1-2-4-12-5-3-6-14(9-12)19-15-8-7-13(11-18)16(17)10-15/h3,5-11H,2,4H2,1H3. The molecule has 2 nitrogen and oxygen atoms in total. The molecule has 0 bridgehead atoms. The van der Waals surface area contributed by atoms with Crippen LogP contribution in [0.1, 0.15) is 29.3 Å². The largest absolute Gasteiger partial charge is 0.457 e. The van der Waals surface area contributed by atoms with Crippen LogP contribution in [0.3, 0.4) is 0 Å². The molecule has 0 heterocycles. The summed E-state index contributed by atoms with van der Waals surface area (Å²) >= 11 is 5.97. The molecule has 0 radical (unpaired) electrons. The lowest BCUT2D eigenvalue weighted by molar-refractivity contribution is 0.112. The van der Waals surface area contributed by atoms with Crippen molar-refractivity contribution < 1.29 is 9.53 Å². The van der Waals surface area contributed by atoms with Gasteiger partial charge < -0.3 is 4.74 Å². The molecule has 0 unspecified atom stereocenters. The van der Waals surface area contributed by atoms with E-state index in [9.17, 15) is 4.79 Å². The Balaban J connectivity index is 2.18. The van der Waals surface area contributed by atoms with Crippen molar-refractivity contribution in [3.63, 3.8) is 0 Å². The summed E-state index contributed by atoms with van der Waals surface area (Å²) in [4.78, 5) is 10.7. The lowest BCUT2D eigenvalue weighted by atomic mass is 10.1. The number of ether oxygens (including phenoxy) is 1. The molecule has 19 heavy (non-hydrogen) atoms. The smallest absolute Gasteiger partial charge is 0.151 e. The number of carbonyl (C=O) groups excluding carboxylic acids is 1. The molecule has 0 aromatic heterocycles. The van der Waals surface area contributed by atoms with Crippen LogP contribution in [0.25, 0.3) is 0 Å². The van der Waals surface area contributed by atoms with Crippen LogP contribution in [-0.4, -0.2) is 6.29 Å². The highest BCUT2D eigenvalue weighted by molar-refractivity contribution is 6.33. The van der Waals surface area contributed by atoms with E-state index in [-0.39, 0.29) is 0 Å². The van der Waals surface area contributed by atoms with E-state index < -0.39 is 0 Å². The number of rotatable bonds is 5. The van der Waals surface area contributed by atoms with Gasteiger partial charge in [0.2, 0.25) is 0 Å². The van der Waals surface area contributed by atoms with Gasteiger partial charge >= 0.3 is 0 Å². The maximum absolute atomic E-state index is 10.7. The molecule has 0 spiro atoms. The summed E-state index contributed by atoms with van der Waals surface area (Å²) in [5, 5.41) is 0.400. The van der Waals surface area contributed by atoms with E-state index in [1.165, 1.54) is 5.56 Å². The third-order valence-electron chi connectivity index (χ3n) is 2.77. The summed E-state index contributed by atoms with van der Waals surface area (Å²) < 4.78 is 5.75. The van der Waals surface area contributed by atoms with Crippen molar-refractivity contribution in [3.8, 4) is 11.5 Å². The van der Waals surface area contributed by atoms with Crippen LogP contribution in [0.4, 0.5) is 0 Å². The Morgan fingerprint density at radius 2 is 1.95 bits per heavy atom. The van der Waals surface area contributed by atoms with Gasteiger partial charge in [-0.25, -0.2) is 0 Å². The van der Waals surface area contributed by atoms with Crippen LogP contribution in [0.5, 0.6) is 11.5 Å². The van der Waals surface area contributed by atoms with Crippen LogP contribution in [0.15, 0.2) is 42.5 Å². The molecule has 0 aliphatic carbocycles. The normalized spacial score (nSPS) is 10.2. The molecule has 0 N–H and O–H groups in total. The fraction of sp³-hybridized carbons (Fsp3) is 0.188. The van der Waals surface area contributed by atoms with Crippen molar-refractivity contribution in [3.05, 3.63) is 58.6 Å². The molecule has 0 fully saturated rings. The van der Waals surface area contributed by atoms with E-state index in [1.54, 1.807) is 18.2 Å². The lowest BCUT2D eigenvalue weighted by Gasteiger charge is -2.08. The van der Waals surface area contributed by atoms with Gasteiger partial charge in [-0.3, -0.25) is 4.79 Å². The highest BCUT2D eigenvalue weighted by Gasteiger charge is 2.03. The quantitative estimate of drug-likeness (QED) is 0.725. The summed E-state index contributed by atoms with van der Waals surface area (Å²) in [6.07, 6.45) is 2.86. The monoisotopic (exact) mass is 274 g/mol. The molecule has 2 aromatic carbocycles. The van der Waals surface area contributed by atoms with E-state index >= 15 is 0 Å². The first-order chi connectivity index (χ1) is 9.22. The van der Waals surface area contributed by atoms with Gasteiger partial charge in [-0.05, 0) is 36.2 Å². The average molecular weight is 275 g/mol. The van der Waals surface area contributed by atoms with Gasteiger partial charge in [-0.15, -0.1) is 0 Å². The van der Waals surface area contributed by atoms with E-state index in [0.29, 0.717) is 16.3 Å². The Hall–Kier alpha value is -1.80. The van der Waals surface area contributed by atoms with Crippen molar-refractivity contribution >= 4 is 17.9 Å². The number of aldehydes is 1. The molecule has 0 aliphatic rings. The maximum atomic E-state index is 10.7. The lowest BCUT2D eigenvalue weighted by Crippen LogP contribution is -1.89. The molecule has 0 aliphatic heterocycles. The number of aryl methyl sites for hydroxylation is 1. The Kier molecular flexibility index (Phi) is 4.58. The molecule has 2 aromatic rings. The average Bonchev–Trinajstić information content (AvgIpc) is 2.40. The summed E-state index contributed by atoms with van der Waals surface area (Å²) in [7, 11) is 0. The zero-order chi connectivity index (χ0) is 13.7. The van der Waals surface area contributed by atoms with Crippen LogP contribution in [-0.2, 0) is 6.42 Å². The zero-order valence-corrected chi connectivity index (χ0v) is 11.5. The van der Waals surface area contributed by atoms with Crippen molar-refractivity contribution in [1.82, 2.24) is 0 Å². The first-order valence-electron chi connectivity index (χ1n) is 6.24. The van der Waals surface area contributed by atoms with E-state index in [4.69, 9.17) is 16.3 Å². The molecular formula is C16H15ClO2. The van der Waals surface area contributed by atoms with Crippen LogP contribution in [0.2, 0.25) is 5.02 Å². The number of hydrogen-bond acceptors (Lipinski definition) is 2. The molecule has 98 valence electrons. The van der Waals surface area contributed by atoms with Gasteiger partial charge in [0.25, 0.3) is 0 Å². The highest BCUT2D eigenvalue weighted by Crippen LogP contribution is 2.26. The van der Waals surface area contributed by atoms with Gasteiger partial charge in [-0.1, -0.05) is 37.1 Å². The van der Waals surface area contributed by atoms with Crippen molar-refractivity contribution in [2.24, 2.45) is 0 Å². The van der Waals surface area contributed by atoms with Crippen molar-refractivity contribution in [2.45, 2.75) is 19.8 Å². The van der Waals surface area contributed by atoms with Gasteiger partial charge in [0.1, 0.15) is 11.5 Å². The molecule has 0 atom stereocenters. The third-order valence-corrected chi connectivity index (χ3v) is 3.10. The Bertz CT molecular complexity index is 579. The predicted molar refractivity (Wildman–Crippen MR) is 77.4 cm³/mol. The minimum absolute atomic E-state index is 0.400. The Morgan fingerprint density at radius 1 is 1.16 bits per heavy atom. The number of halogens is 1. The molecule has 0 saturated carbocycles. The van der Waals surface area contributed by atoms with Crippen LogP contribution < -0.4 is 4.74 Å². The second kappa shape index (κ2) is 6.39. The van der Waals surface area contributed by atoms with Crippen LogP contribution >= 0.6 is 11.6 Å². The zero-order valence-electron chi connectivity index (χ0n) is 10.7. The molecule has 2 rings (SSSR count). The van der Waals surface area contributed by atoms with Gasteiger partial charge in [0, 0.05) is 11.6 Å². The Labute approximate surface area is 118 Å². The number of carbonyl (C=O) groups is 1. The van der Waals surface area contributed by atoms with E-state index in [2.05, 4.69) is 13.0 Å².